The van der Waals surface area contributed by atoms with Crippen LogP contribution in [0, 0.1) is 11.3 Å². The van der Waals surface area contributed by atoms with Gasteiger partial charge in [0.25, 0.3) is 0 Å². The standard InChI is InChI=1S/C14H25N3O2/c15-10-14(6-2-1-3-7-14)13(19)17-9-8-16-12(18)11-4-5-11/h11H,1-10,15H2,(H,16,18)(H,17,19). The summed E-state index contributed by atoms with van der Waals surface area (Å²) in [6.07, 6.45) is 7.18. The second kappa shape index (κ2) is 6.37. The van der Waals surface area contributed by atoms with E-state index in [4.69, 9.17) is 5.73 Å². The number of nitrogens with two attached hydrogens (primary N) is 1. The topological polar surface area (TPSA) is 84.2 Å². The van der Waals surface area contributed by atoms with Crippen molar-refractivity contribution in [1.29, 1.82) is 0 Å². The smallest absolute Gasteiger partial charge is 0.227 e. The molecule has 0 radical (unpaired) electrons. The van der Waals surface area contributed by atoms with Gasteiger partial charge in [0.05, 0.1) is 5.41 Å². The Morgan fingerprint density at radius 2 is 1.68 bits per heavy atom. The van der Waals surface area contributed by atoms with Crippen molar-refractivity contribution in [3.05, 3.63) is 0 Å². The molecule has 19 heavy (non-hydrogen) atoms. The summed E-state index contributed by atoms with van der Waals surface area (Å²) in [4.78, 5) is 23.7. The molecule has 0 unspecified atom stereocenters. The van der Waals surface area contributed by atoms with Gasteiger partial charge in [0.1, 0.15) is 0 Å². The largest absolute Gasteiger partial charge is 0.354 e. The van der Waals surface area contributed by atoms with Gasteiger partial charge in [-0.1, -0.05) is 19.3 Å². The Morgan fingerprint density at radius 3 is 2.26 bits per heavy atom. The highest BCUT2D eigenvalue weighted by Crippen LogP contribution is 2.35. The van der Waals surface area contributed by atoms with Crippen LogP contribution in [0.15, 0.2) is 0 Å². The first kappa shape index (κ1) is 14.3. The summed E-state index contributed by atoms with van der Waals surface area (Å²) in [5.74, 6) is 0.417. The van der Waals surface area contributed by atoms with E-state index >= 15 is 0 Å². The third-order valence-corrected chi connectivity index (χ3v) is 4.34. The van der Waals surface area contributed by atoms with Gasteiger partial charge in [-0.05, 0) is 25.7 Å². The van der Waals surface area contributed by atoms with Crippen molar-refractivity contribution in [2.75, 3.05) is 19.6 Å². The maximum absolute atomic E-state index is 12.2. The molecule has 2 amide bonds. The van der Waals surface area contributed by atoms with Crippen LogP contribution >= 0.6 is 0 Å². The number of amides is 2. The molecule has 2 fully saturated rings. The molecule has 0 heterocycles. The van der Waals surface area contributed by atoms with Gasteiger partial charge >= 0.3 is 0 Å². The van der Waals surface area contributed by atoms with Crippen LogP contribution in [0.25, 0.3) is 0 Å². The van der Waals surface area contributed by atoms with Crippen LogP contribution < -0.4 is 16.4 Å². The molecule has 0 aromatic rings. The first-order valence-electron chi connectivity index (χ1n) is 7.44. The number of carbonyl (C=O) groups is 2. The fourth-order valence-electron chi connectivity index (χ4n) is 2.79. The molecule has 2 aliphatic carbocycles. The molecule has 5 heteroatoms. The lowest BCUT2D eigenvalue weighted by Gasteiger charge is -2.34. The van der Waals surface area contributed by atoms with Crippen LogP contribution in [0.5, 0.6) is 0 Å². The molecule has 2 rings (SSSR count). The van der Waals surface area contributed by atoms with Gasteiger partial charge in [-0.25, -0.2) is 0 Å². The summed E-state index contributed by atoms with van der Waals surface area (Å²) in [7, 11) is 0. The van der Waals surface area contributed by atoms with Crippen molar-refractivity contribution in [3.63, 3.8) is 0 Å². The fourth-order valence-corrected chi connectivity index (χ4v) is 2.79. The second-order valence-corrected chi connectivity index (χ2v) is 5.87. The van der Waals surface area contributed by atoms with Crippen molar-refractivity contribution in [1.82, 2.24) is 10.6 Å². The van der Waals surface area contributed by atoms with Crippen molar-refractivity contribution < 1.29 is 9.59 Å². The quantitative estimate of drug-likeness (QED) is 0.614. The van der Waals surface area contributed by atoms with Crippen molar-refractivity contribution in [2.24, 2.45) is 17.1 Å². The Labute approximate surface area is 114 Å². The van der Waals surface area contributed by atoms with E-state index in [0.717, 1.165) is 38.5 Å². The van der Waals surface area contributed by atoms with E-state index in [-0.39, 0.29) is 23.1 Å². The molecule has 0 aromatic heterocycles. The molecule has 0 aliphatic heterocycles. The van der Waals surface area contributed by atoms with E-state index in [1.165, 1.54) is 6.42 Å². The van der Waals surface area contributed by atoms with Gasteiger partial charge in [-0.15, -0.1) is 0 Å². The molecule has 0 saturated heterocycles. The minimum absolute atomic E-state index is 0.0652. The van der Waals surface area contributed by atoms with Crippen LogP contribution in [-0.2, 0) is 9.59 Å². The summed E-state index contributed by atoms with van der Waals surface area (Å²) in [6, 6.07) is 0. The summed E-state index contributed by atoms with van der Waals surface area (Å²) >= 11 is 0. The van der Waals surface area contributed by atoms with Gasteiger partial charge in [0.2, 0.25) is 11.8 Å². The fraction of sp³-hybridized carbons (Fsp3) is 0.857. The highest BCUT2D eigenvalue weighted by atomic mass is 16.2. The summed E-state index contributed by atoms with van der Waals surface area (Å²) in [6.45, 7) is 1.44. The first-order chi connectivity index (χ1) is 9.18. The number of hydrogen-bond donors (Lipinski definition) is 3. The van der Waals surface area contributed by atoms with E-state index < -0.39 is 0 Å². The number of nitrogens with one attached hydrogen (secondary N) is 2. The lowest BCUT2D eigenvalue weighted by Crippen LogP contribution is -2.48. The molecule has 0 atom stereocenters. The van der Waals surface area contributed by atoms with Gasteiger partial charge in [0.15, 0.2) is 0 Å². The lowest BCUT2D eigenvalue weighted by molar-refractivity contribution is -0.132. The van der Waals surface area contributed by atoms with Crippen molar-refractivity contribution >= 4 is 11.8 Å². The van der Waals surface area contributed by atoms with Crippen LogP contribution in [0.2, 0.25) is 0 Å². The van der Waals surface area contributed by atoms with Crippen LogP contribution in [0.1, 0.15) is 44.9 Å². The SMILES string of the molecule is NCC1(C(=O)NCCNC(=O)C2CC2)CCCCC1. The lowest BCUT2D eigenvalue weighted by atomic mass is 9.73. The average molecular weight is 267 g/mol. The Hall–Kier alpha value is -1.10. The summed E-state index contributed by atoms with van der Waals surface area (Å²) in [5, 5.41) is 5.77. The van der Waals surface area contributed by atoms with Gasteiger partial charge in [-0.3, -0.25) is 9.59 Å². The van der Waals surface area contributed by atoms with Gasteiger partial charge in [-0.2, -0.15) is 0 Å². The third-order valence-electron chi connectivity index (χ3n) is 4.34. The summed E-state index contributed by atoms with van der Waals surface area (Å²) < 4.78 is 0. The third kappa shape index (κ3) is 3.69. The highest BCUT2D eigenvalue weighted by molar-refractivity contribution is 5.83. The predicted molar refractivity (Wildman–Crippen MR) is 73.3 cm³/mol. The van der Waals surface area contributed by atoms with Crippen molar-refractivity contribution in [2.45, 2.75) is 44.9 Å². The number of rotatable bonds is 6. The minimum atomic E-state index is -0.362. The molecule has 2 aliphatic rings. The van der Waals surface area contributed by atoms with E-state index in [0.29, 0.717) is 19.6 Å². The second-order valence-electron chi connectivity index (χ2n) is 5.87. The average Bonchev–Trinajstić information content (AvgIpc) is 3.28. The molecule has 0 aromatic carbocycles. The molecule has 4 N–H and O–H groups in total. The van der Waals surface area contributed by atoms with E-state index in [1.807, 2.05) is 0 Å². The monoisotopic (exact) mass is 267 g/mol. The zero-order valence-electron chi connectivity index (χ0n) is 11.5. The molecule has 0 bridgehead atoms. The maximum Gasteiger partial charge on any atom is 0.227 e. The molecule has 0 spiro atoms. The normalized spacial score (nSPS) is 21.7. The van der Waals surface area contributed by atoms with Gasteiger partial charge < -0.3 is 16.4 Å². The molecule has 5 nitrogen and oxygen atoms in total. The summed E-state index contributed by atoms with van der Waals surface area (Å²) in [5.41, 5.74) is 5.45. The molecule has 2 saturated carbocycles. The Balaban J connectivity index is 1.68. The Morgan fingerprint density at radius 1 is 1.05 bits per heavy atom. The predicted octanol–water partition coefficient (Wildman–Crippen LogP) is 0.538. The van der Waals surface area contributed by atoms with Crippen molar-refractivity contribution in [3.8, 4) is 0 Å². The molecular weight excluding hydrogens is 242 g/mol. The Bertz CT molecular complexity index is 334. The first-order valence-corrected chi connectivity index (χ1v) is 7.44. The van der Waals surface area contributed by atoms with Crippen LogP contribution in [0.3, 0.4) is 0 Å². The number of hydrogen-bond acceptors (Lipinski definition) is 3. The maximum atomic E-state index is 12.2. The molecular formula is C14H25N3O2. The molecule has 108 valence electrons. The minimum Gasteiger partial charge on any atom is -0.354 e. The van der Waals surface area contributed by atoms with Crippen LogP contribution in [0.4, 0.5) is 0 Å². The number of carbonyl (C=O) groups excluding carboxylic acids is 2. The van der Waals surface area contributed by atoms with Crippen LogP contribution in [-0.4, -0.2) is 31.4 Å². The van der Waals surface area contributed by atoms with Gasteiger partial charge in [0, 0.05) is 25.6 Å². The van der Waals surface area contributed by atoms with E-state index in [1.54, 1.807) is 0 Å². The Kier molecular flexibility index (Phi) is 4.80. The zero-order chi connectivity index (χ0) is 13.7. The van der Waals surface area contributed by atoms with E-state index in [2.05, 4.69) is 10.6 Å². The van der Waals surface area contributed by atoms with E-state index in [9.17, 15) is 9.59 Å². The highest BCUT2D eigenvalue weighted by Gasteiger charge is 2.37. The zero-order valence-corrected chi connectivity index (χ0v) is 11.5.